The molecule has 3 saturated heterocycles. The number of hydrogen-bond acceptors (Lipinski definition) is 5. The molecule has 3 amide bonds. The summed E-state index contributed by atoms with van der Waals surface area (Å²) in [6, 6.07) is -0.744. The van der Waals surface area contributed by atoms with Crippen LogP contribution in [0.4, 0.5) is 0 Å². The Morgan fingerprint density at radius 2 is 1.86 bits per heavy atom. The number of imide groups is 1. The van der Waals surface area contributed by atoms with Crippen LogP contribution < -0.4 is 5.32 Å². The molecule has 7 nitrogen and oxygen atoms in total. The molecule has 3 aliphatic rings. The van der Waals surface area contributed by atoms with E-state index >= 15 is 0 Å². The number of hydrogen-bond donors (Lipinski definition) is 1. The first kappa shape index (κ1) is 15.4. The summed E-state index contributed by atoms with van der Waals surface area (Å²) in [5, 5.41) is 2.97. The van der Waals surface area contributed by atoms with Crippen LogP contribution in [0.25, 0.3) is 0 Å². The second-order valence-corrected chi connectivity index (χ2v) is 6.43. The maximum Gasteiger partial charge on any atom is 0.245 e. The van der Waals surface area contributed by atoms with E-state index in [9.17, 15) is 14.4 Å². The smallest absolute Gasteiger partial charge is 0.245 e. The van der Waals surface area contributed by atoms with Crippen molar-refractivity contribution >= 4 is 17.7 Å². The van der Waals surface area contributed by atoms with E-state index in [1.54, 1.807) is 18.9 Å². The van der Waals surface area contributed by atoms with Gasteiger partial charge in [-0.1, -0.05) is 0 Å². The average Bonchev–Trinajstić information content (AvgIpc) is 3.17. The van der Waals surface area contributed by atoms with Crippen molar-refractivity contribution in [1.82, 2.24) is 15.1 Å². The van der Waals surface area contributed by atoms with Crippen LogP contribution in [-0.4, -0.2) is 73.0 Å². The summed E-state index contributed by atoms with van der Waals surface area (Å²) in [6.45, 7) is 2.84. The van der Waals surface area contributed by atoms with Crippen molar-refractivity contribution in [1.29, 1.82) is 0 Å². The van der Waals surface area contributed by atoms with Crippen LogP contribution in [0.5, 0.6) is 0 Å². The van der Waals surface area contributed by atoms with E-state index in [0.29, 0.717) is 13.1 Å². The molecule has 0 aromatic carbocycles. The highest BCUT2D eigenvalue weighted by Gasteiger charge is 2.63. The van der Waals surface area contributed by atoms with E-state index in [4.69, 9.17) is 4.74 Å². The maximum absolute atomic E-state index is 12.6. The van der Waals surface area contributed by atoms with E-state index < -0.39 is 6.04 Å². The van der Waals surface area contributed by atoms with Crippen molar-refractivity contribution in [2.24, 2.45) is 11.8 Å². The third kappa shape index (κ3) is 2.14. The molecule has 0 spiro atoms. The number of ether oxygens (including phenoxy) is 1. The predicted octanol–water partition coefficient (Wildman–Crippen LogP) is -0.785. The molecule has 0 saturated carbocycles. The van der Waals surface area contributed by atoms with Gasteiger partial charge in [0.25, 0.3) is 0 Å². The summed E-state index contributed by atoms with van der Waals surface area (Å²) in [5.74, 6) is -1.41. The molecule has 3 fully saturated rings. The number of carbonyl (C=O) groups excluding carboxylic acids is 3. The fourth-order valence-corrected chi connectivity index (χ4v) is 3.94. The van der Waals surface area contributed by atoms with Crippen LogP contribution in [-0.2, 0) is 19.1 Å². The first-order valence-electron chi connectivity index (χ1n) is 7.89. The molecule has 0 aliphatic carbocycles. The number of likely N-dealkylation sites (N-methyl/N-ethyl adjacent to an activating group) is 2. The van der Waals surface area contributed by atoms with Crippen LogP contribution in [0, 0.1) is 11.8 Å². The van der Waals surface area contributed by atoms with E-state index in [-0.39, 0.29) is 41.8 Å². The van der Waals surface area contributed by atoms with Crippen LogP contribution in [0.3, 0.4) is 0 Å². The lowest BCUT2D eigenvalue weighted by atomic mass is 9.81. The molecule has 5 atom stereocenters. The van der Waals surface area contributed by atoms with Gasteiger partial charge in [-0.15, -0.1) is 0 Å². The summed E-state index contributed by atoms with van der Waals surface area (Å²) in [4.78, 5) is 40.4. The summed E-state index contributed by atoms with van der Waals surface area (Å²) in [6.07, 6.45) is 1.40. The van der Waals surface area contributed by atoms with Crippen LogP contribution in [0.15, 0.2) is 0 Å². The highest BCUT2D eigenvalue weighted by molar-refractivity contribution is 6.09. The fourth-order valence-electron chi connectivity index (χ4n) is 3.94. The highest BCUT2D eigenvalue weighted by atomic mass is 16.5. The second-order valence-electron chi connectivity index (χ2n) is 6.43. The quantitative estimate of drug-likeness (QED) is 0.674. The van der Waals surface area contributed by atoms with E-state index in [0.717, 1.165) is 12.8 Å². The van der Waals surface area contributed by atoms with Gasteiger partial charge >= 0.3 is 0 Å². The van der Waals surface area contributed by atoms with Crippen molar-refractivity contribution in [2.45, 2.75) is 38.0 Å². The Labute approximate surface area is 129 Å². The number of carbonyl (C=O) groups is 3. The molecule has 3 rings (SSSR count). The molecule has 1 N–H and O–H groups in total. The highest BCUT2D eigenvalue weighted by Crippen LogP contribution is 2.48. The molecular formula is C15H23N3O4. The summed E-state index contributed by atoms with van der Waals surface area (Å²) >= 11 is 0. The predicted molar refractivity (Wildman–Crippen MR) is 77.8 cm³/mol. The maximum atomic E-state index is 12.6. The molecule has 0 aromatic rings. The van der Waals surface area contributed by atoms with Gasteiger partial charge in [-0.05, 0) is 26.8 Å². The second kappa shape index (κ2) is 5.62. The first-order chi connectivity index (χ1) is 10.5. The van der Waals surface area contributed by atoms with Gasteiger partial charge in [0.1, 0.15) is 6.04 Å². The van der Waals surface area contributed by atoms with Gasteiger partial charge in [-0.25, -0.2) is 0 Å². The molecule has 22 heavy (non-hydrogen) atoms. The molecular weight excluding hydrogens is 286 g/mol. The first-order valence-corrected chi connectivity index (χ1v) is 7.89. The zero-order valence-corrected chi connectivity index (χ0v) is 13.2. The Hall–Kier alpha value is -1.47. The summed E-state index contributed by atoms with van der Waals surface area (Å²) < 4.78 is 5.70. The standard InChI is InChI=1S/C15H23N3O4/c1-8(13(19)17(3)7-6-16-2)18-14(20)11-9-4-5-10(22-9)12(11)15(18)21/h8-12,16H,4-7H2,1-3H3. The molecule has 7 heteroatoms. The third-order valence-electron chi connectivity index (χ3n) is 5.14. The molecule has 0 aromatic heterocycles. The normalized spacial score (nSPS) is 34.2. The lowest BCUT2D eigenvalue weighted by Gasteiger charge is -2.28. The monoisotopic (exact) mass is 309 g/mol. The van der Waals surface area contributed by atoms with Gasteiger partial charge in [0.2, 0.25) is 17.7 Å². The van der Waals surface area contributed by atoms with Gasteiger partial charge in [0, 0.05) is 20.1 Å². The summed E-state index contributed by atoms with van der Waals surface area (Å²) in [7, 11) is 3.50. The Morgan fingerprint density at radius 1 is 1.32 bits per heavy atom. The van der Waals surface area contributed by atoms with Gasteiger partial charge in [-0.3, -0.25) is 19.3 Å². The van der Waals surface area contributed by atoms with Crippen molar-refractivity contribution in [3.05, 3.63) is 0 Å². The minimum absolute atomic E-state index is 0.138. The van der Waals surface area contributed by atoms with E-state index in [1.807, 2.05) is 7.05 Å². The number of rotatable bonds is 5. The molecule has 0 radical (unpaired) electrons. The number of amides is 3. The number of nitrogens with one attached hydrogen (secondary N) is 1. The lowest BCUT2D eigenvalue weighted by molar-refractivity contribution is -0.152. The Balaban J connectivity index is 1.73. The van der Waals surface area contributed by atoms with Crippen molar-refractivity contribution in [3.63, 3.8) is 0 Å². The van der Waals surface area contributed by atoms with Gasteiger partial charge < -0.3 is 15.0 Å². The molecule has 122 valence electrons. The topological polar surface area (TPSA) is 79.0 Å². The average molecular weight is 309 g/mol. The SMILES string of the molecule is CNCCN(C)C(=O)C(C)N1C(=O)C2C3CCC(O3)C2C1=O. The summed E-state index contributed by atoms with van der Waals surface area (Å²) in [5.41, 5.74) is 0. The van der Waals surface area contributed by atoms with Crippen LogP contribution in [0.2, 0.25) is 0 Å². The van der Waals surface area contributed by atoms with E-state index in [2.05, 4.69) is 5.32 Å². The van der Waals surface area contributed by atoms with Gasteiger partial charge in [0.15, 0.2) is 0 Å². The minimum Gasteiger partial charge on any atom is -0.373 e. The van der Waals surface area contributed by atoms with Crippen molar-refractivity contribution < 1.29 is 19.1 Å². The third-order valence-corrected chi connectivity index (χ3v) is 5.14. The molecule has 3 heterocycles. The van der Waals surface area contributed by atoms with Crippen LogP contribution in [0.1, 0.15) is 19.8 Å². The fraction of sp³-hybridized carbons (Fsp3) is 0.800. The largest absolute Gasteiger partial charge is 0.373 e. The van der Waals surface area contributed by atoms with Crippen molar-refractivity contribution in [2.75, 3.05) is 27.2 Å². The Kier molecular flexibility index (Phi) is 3.94. The number of likely N-dealkylation sites (tertiary alicyclic amines) is 1. The Morgan fingerprint density at radius 3 is 2.36 bits per heavy atom. The molecule has 3 aliphatic heterocycles. The van der Waals surface area contributed by atoms with Gasteiger partial charge in [0.05, 0.1) is 24.0 Å². The lowest BCUT2D eigenvalue weighted by Crippen LogP contribution is -2.50. The molecule has 5 unspecified atom stereocenters. The Bertz CT molecular complexity index is 481. The zero-order valence-electron chi connectivity index (χ0n) is 13.2. The van der Waals surface area contributed by atoms with Crippen molar-refractivity contribution in [3.8, 4) is 0 Å². The number of nitrogens with zero attached hydrogens (tertiary/aromatic N) is 2. The minimum atomic E-state index is -0.744. The number of fused-ring (bicyclic) bond motifs is 5. The molecule has 2 bridgehead atoms. The van der Waals surface area contributed by atoms with Gasteiger partial charge in [-0.2, -0.15) is 0 Å². The van der Waals surface area contributed by atoms with E-state index in [1.165, 1.54) is 4.90 Å². The van der Waals surface area contributed by atoms with Crippen LogP contribution >= 0.6 is 0 Å². The zero-order chi connectivity index (χ0) is 16.0.